The lowest BCUT2D eigenvalue weighted by atomic mass is 10.3. The molecule has 0 aliphatic rings. The first-order valence-electron chi connectivity index (χ1n) is 6.65. The molecule has 2 rings (SSSR count). The van der Waals surface area contributed by atoms with E-state index < -0.39 is 0 Å². The molecule has 0 spiro atoms. The zero-order valence-corrected chi connectivity index (χ0v) is 13.3. The van der Waals surface area contributed by atoms with Crippen molar-refractivity contribution in [2.75, 3.05) is 11.9 Å². The van der Waals surface area contributed by atoms with Crippen LogP contribution in [0.1, 0.15) is 24.9 Å². The summed E-state index contributed by atoms with van der Waals surface area (Å²) < 4.78 is 6.59. The Bertz CT molecular complexity index is 561. The first-order chi connectivity index (χ1) is 9.70. The molecule has 106 valence electrons. The van der Waals surface area contributed by atoms with Crippen LogP contribution in [0.2, 0.25) is 0 Å². The molecule has 1 aromatic heterocycles. The van der Waals surface area contributed by atoms with Gasteiger partial charge in [-0.25, -0.2) is 9.97 Å². The van der Waals surface area contributed by atoms with Gasteiger partial charge in [-0.3, -0.25) is 0 Å². The van der Waals surface area contributed by atoms with Crippen LogP contribution in [-0.4, -0.2) is 16.5 Å². The quantitative estimate of drug-likeness (QED) is 0.868. The largest absolute Gasteiger partial charge is 0.486 e. The molecule has 0 fully saturated rings. The Hall–Kier alpha value is -1.62. The number of hydrogen-bond acceptors (Lipinski definition) is 4. The van der Waals surface area contributed by atoms with E-state index in [1.54, 1.807) is 0 Å². The lowest BCUT2D eigenvalue weighted by Gasteiger charge is -2.11. The standard InChI is InChI=1S/C15H18BrN3O/c1-3-9-17-15-14(16)11(2)18-13(19-15)10-20-12-7-5-4-6-8-12/h4-8H,3,9-10H2,1-2H3,(H,17,18,19). The van der Waals surface area contributed by atoms with E-state index in [1.807, 2.05) is 37.3 Å². The first kappa shape index (κ1) is 14.8. The summed E-state index contributed by atoms with van der Waals surface area (Å²) in [6, 6.07) is 9.68. The zero-order chi connectivity index (χ0) is 14.4. The van der Waals surface area contributed by atoms with Gasteiger partial charge in [-0.2, -0.15) is 0 Å². The molecule has 0 atom stereocenters. The normalized spacial score (nSPS) is 10.3. The minimum Gasteiger partial charge on any atom is -0.486 e. The van der Waals surface area contributed by atoms with Gasteiger partial charge in [0, 0.05) is 6.54 Å². The van der Waals surface area contributed by atoms with E-state index in [1.165, 1.54) is 0 Å². The van der Waals surface area contributed by atoms with Crippen LogP contribution >= 0.6 is 15.9 Å². The molecule has 0 aliphatic heterocycles. The van der Waals surface area contributed by atoms with E-state index in [0.717, 1.165) is 34.7 Å². The fourth-order valence-electron chi connectivity index (χ4n) is 1.71. The third-order valence-corrected chi connectivity index (χ3v) is 3.67. The molecular weight excluding hydrogens is 318 g/mol. The molecular formula is C15H18BrN3O. The summed E-state index contributed by atoms with van der Waals surface area (Å²) in [5.41, 5.74) is 0.908. The molecule has 0 amide bonds. The predicted octanol–water partition coefficient (Wildman–Crippen LogP) is 3.95. The number of nitrogens with zero attached hydrogens (tertiary/aromatic N) is 2. The number of para-hydroxylation sites is 1. The van der Waals surface area contributed by atoms with E-state index in [9.17, 15) is 0 Å². The van der Waals surface area contributed by atoms with Crippen LogP contribution in [0.5, 0.6) is 5.75 Å². The average molecular weight is 336 g/mol. The van der Waals surface area contributed by atoms with Crippen molar-refractivity contribution in [2.24, 2.45) is 0 Å². The maximum atomic E-state index is 5.68. The smallest absolute Gasteiger partial charge is 0.168 e. The number of nitrogens with one attached hydrogen (secondary N) is 1. The molecule has 1 heterocycles. The third-order valence-electron chi connectivity index (χ3n) is 2.72. The highest BCUT2D eigenvalue weighted by Crippen LogP contribution is 2.23. The first-order valence-corrected chi connectivity index (χ1v) is 7.44. The van der Waals surface area contributed by atoms with Gasteiger partial charge in [0.05, 0.1) is 10.2 Å². The van der Waals surface area contributed by atoms with E-state index in [-0.39, 0.29) is 0 Å². The average Bonchev–Trinajstić information content (AvgIpc) is 2.48. The summed E-state index contributed by atoms with van der Waals surface area (Å²) in [5.74, 6) is 2.32. The van der Waals surface area contributed by atoms with Gasteiger partial charge >= 0.3 is 0 Å². The van der Waals surface area contributed by atoms with Crippen molar-refractivity contribution in [1.29, 1.82) is 0 Å². The molecule has 4 nitrogen and oxygen atoms in total. The fourth-order valence-corrected chi connectivity index (χ4v) is 2.02. The Kier molecular flexibility index (Phi) is 5.35. The van der Waals surface area contributed by atoms with Crippen LogP contribution < -0.4 is 10.1 Å². The van der Waals surface area contributed by atoms with Crippen LogP contribution in [0.4, 0.5) is 5.82 Å². The van der Waals surface area contributed by atoms with E-state index >= 15 is 0 Å². The monoisotopic (exact) mass is 335 g/mol. The maximum absolute atomic E-state index is 5.68. The second kappa shape index (κ2) is 7.24. The Labute approximate surface area is 127 Å². The van der Waals surface area contributed by atoms with Crippen molar-refractivity contribution < 1.29 is 4.74 Å². The summed E-state index contributed by atoms with van der Waals surface area (Å²) in [5, 5.41) is 3.29. The van der Waals surface area contributed by atoms with Crippen LogP contribution in [0, 0.1) is 6.92 Å². The summed E-state index contributed by atoms with van der Waals surface area (Å²) >= 11 is 3.51. The highest BCUT2D eigenvalue weighted by molar-refractivity contribution is 9.10. The summed E-state index contributed by atoms with van der Waals surface area (Å²) in [7, 11) is 0. The van der Waals surface area contributed by atoms with E-state index in [0.29, 0.717) is 12.4 Å². The third kappa shape index (κ3) is 3.93. The molecule has 1 N–H and O–H groups in total. The predicted molar refractivity (Wildman–Crippen MR) is 84.0 cm³/mol. The highest BCUT2D eigenvalue weighted by atomic mass is 79.9. The highest BCUT2D eigenvalue weighted by Gasteiger charge is 2.09. The van der Waals surface area contributed by atoms with Crippen LogP contribution in [-0.2, 0) is 6.61 Å². The molecule has 0 bridgehead atoms. The molecule has 0 saturated heterocycles. The summed E-state index contributed by atoms with van der Waals surface area (Å²) in [6.07, 6.45) is 1.05. The van der Waals surface area contributed by atoms with Crippen molar-refractivity contribution in [3.8, 4) is 5.75 Å². The van der Waals surface area contributed by atoms with Gasteiger partial charge in [0.2, 0.25) is 0 Å². The van der Waals surface area contributed by atoms with Crippen molar-refractivity contribution in [3.05, 3.63) is 46.3 Å². The number of aryl methyl sites for hydroxylation is 1. The Morgan fingerprint density at radius 3 is 2.65 bits per heavy atom. The van der Waals surface area contributed by atoms with Crippen molar-refractivity contribution in [3.63, 3.8) is 0 Å². The van der Waals surface area contributed by atoms with Gasteiger partial charge < -0.3 is 10.1 Å². The number of ether oxygens (including phenoxy) is 1. The molecule has 0 saturated carbocycles. The lowest BCUT2D eigenvalue weighted by molar-refractivity contribution is 0.295. The maximum Gasteiger partial charge on any atom is 0.168 e. The van der Waals surface area contributed by atoms with Gasteiger partial charge in [0.15, 0.2) is 5.82 Å². The van der Waals surface area contributed by atoms with Crippen molar-refractivity contribution >= 4 is 21.7 Å². The number of aromatic nitrogens is 2. The lowest BCUT2D eigenvalue weighted by Crippen LogP contribution is -2.09. The second-order valence-electron chi connectivity index (χ2n) is 4.42. The number of halogens is 1. The van der Waals surface area contributed by atoms with Crippen LogP contribution in [0.25, 0.3) is 0 Å². The number of benzene rings is 1. The minimum atomic E-state index is 0.360. The van der Waals surface area contributed by atoms with Gasteiger partial charge in [0.1, 0.15) is 18.2 Å². The summed E-state index contributed by atoms with van der Waals surface area (Å²) in [6.45, 7) is 5.32. The Morgan fingerprint density at radius 1 is 1.20 bits per heavy atom. The van der Waals surface area contributed by atoms with E-state index in [2.05, 4.69) is 38.1 Å². The van der Waals surface area contributed by atoms with Crippen LogP contribution in [0.3, 0.4) is 0 Å². The fraction of sp³-hybridized carbons (Fsp3) is 0.333. The van der Waals surface area contributed by atoms with E-state index in [4.69, 9.17) is 4.74 Å². The molecule has 0 unspecified atom stereocenters. The second-order valence-corrected chi connectivity index (χ2v) is 5.21. The van der Waals surface area contributed by atoms with Gasteiger partial charge in [-0.1, -0.05) is 25.1 Å². The van der Waals surface area contributed by atoms with Crippen molar-refractivity contribution in [2.45, 2.75) is 26.9 Å². The molecule has 5 heteroatoms. The SMILES string of the molecule is CCCNc1nc(COc2ccccc2)nc(C)c1Br. The molecule has 0 radical (unpaired) electrons. The summed E-state index contributed by atoms with van der Waals surface area (Å²) in [4.78, 5) is 8.93. The zero-order valence-electron chi connectivity index (χ0n) is 11.7. The number of rotatable bonds is 6. The van der Waals surface area contributed by atoms with Gasteiger partial charge in [0.25, 0.3) is 0 Å². The Morgan fingerprint density at radius 2 is 1.95 bits per heavy atom. The molecule has 0 aliphatic carbocycles. The number of anilines is 1. The molecule has 20 heavy (non-hydrogen) atoms. The van der Waals surface area contributed by atoms with Crippen molar-refractivity contribution in [1.82, 2.24) is 9.97 Å². The Balaban J connectivity index is 2.09. The van der Waals surface area contributed by atoms with Crippen LogP contribution in [0.15, 0.2) is 34.8 Å². The molecule has 1 aromatic carbocycles. The van der Waals surface area contributed by atoms with Gasteiger partial charge in [-0.05, 0) is 41.4 Å². The molecule has 2 aromatic rings. The number of hydrogen-bond donors (Lipinski definition) is 1. The minimum absolute atomic E-state index is 0.360. The topological polar surface area (TPSA) is 47.0 Å². The van der Waals surface area contributed by atoms with Gasteiger partial charge in [-0.15, -0.1) is 0 Å².